The maximum atomic E-state index is 12.6. The molecule has 0 saturated heterocycles. The Morgan fingerprint density at radius 1 is 0.614 bits per heavy atom. The van der Waals surface area contributed by atoms with E-state index in [4.69, 9.17) is 24.8 Å². The van der Waals surface area contributed by atoms with Gasteiger partial charge in [-0.15, -0.1) is 0 Å². The Hall–Kier alpha value is -3.93. The normalized spacial score (nSPS) is 14.7. The lowest BCUT2D eigenvalue weighted by atomic mass is 10.1. The minimum absolute atomic E-state index is 0.0878. The number of hydrogen-bond donors (Lipinski definition) is 3. The third-order valence-electron chi connectivity index (χ3n) is 7.79. The Morgan fingerprint density at radius 2 is 1.14 bits per heavy atom. The first-order valence-corrected chi connectivity index (χ1v) is 21.7. The summed E-state index contributed by atoms with van der Waals surface area (Å²) in [6, 6.07) is -1.57. The van der Waals surface area contributed by atoms with E-state index in [1.54, 1.807) is 12.2 Å². The van der Waals surface area contributed by atoms with Crippen molar-refractivity contribution in [3.8, 4) is 0 Å². The Bertz CT molecular complexity index is 1390. The van der Waals surface area contributed by atoms with Crippen molar-refractivity contribution in [2.45, 2.75) is 135 Å². The standard InChI is InChI=1S/C44H68NO11P/c1-3-5-7-9-11-13-15-17-18-20-22-24-26-28-30-34-42(47)53-36-40(37-54-57(51,52)55-38-41(45)44(49)50)56-43(48)35-31-33-39(46)32-29-27-25-23-21-19-16-14-12-10-8-6-4-2/h5,7,11-14,17-19,21-22,24-25,27,29,32,40-41H,3-4,6,8-10,15-16,20,23,26,28,30-31,33-38,45H2,1-2H3,(H,49,50)(H,51,52)/b7-5-,13-11-,14-12-,18-17-,21-19-,24-22-,27-25-,32-29+/t40-,41+/m1/s1. The van der Waals surface area contributed by atoms with Gasteiger partial charge in [-0.1, -0.05) is 118 Å². The van der Waals surface area contributed by atoms with Gasteiger partial charge in [-0.3, -0.25) is 28.2 Å². The lowest BCUT2D eigenvalue weighted by Crippen LogP contribution is -2.34. The number of carbonyl (C=O) groups excluding carboxylic acids is 3. The Balaban J connectivity index is 4.71. The van der Waals surface area contributed by atoms with Crippen LogP contribution in [-0.2, 0) is 42.3 Å². The number of nitrogens with two attached hydrogens (primary N) is 1. The van der Waals surface area contributed by atoms with Crippen molar-refractivity contribution in [1.82, 2.24) is 0 Å². The Morgan fingerprint density at radius 3 is 1.72 bits per heavy atom. The third kappa shape index (κ3) is 37.4. The summed E-state index contributed by atoms with van der Waals surface area (Å²) in [5.74, 6) is -2.91. The van der Waals surface area contributed by atoms with Gasteiger partial charge in [0.15, 0.2) is 11.9 Å². The number of unbranched alkanes of at least 4 members (excludes halogenated alkanes) is 5. The molecular formula is C44H68NO11P. The van der Waals surface area contributed by atoms with E-state index in [0.29, 0.717) is 6.42 Å². The highest BCUT2D eigenvalue weighted by Crippen LogP contribution is 2.43. The van der Waals surface area contributed by atoms with Crippen LogP contribution < -0.4 is 5.73 Å². The van der Waals surface area contributed by atoms with E-state index >= 15 is 0 Å². The fraction of sp³-hybridized carbons (Fsp3) is 0.545. The van der Waals surface area contributed by atoms with Gasteiger partial charge in [0.05, 0.1) is 13.2 Å². The molecule has 1 unspecified atom stereocenters. The van der Waals surface area contributed by atoms with Crippen LogP contribution in [-0.4, -0.2) is 65.7 Å². The smallest absolute Gasteiger partial charge is 0.472 e. The molecular weight excluding hydrogens is 749 g/mol. The minimum Gasteiger partial charge on any atom is -0.480 e. The van der Waals surface area contributed by atoms with Crippen molar-refractivity contribution in [3.63, 3.8) is 0 Å². The summed E-state index contributed by atoms with van der Waals surface area (Å²) in [6.07, 6.45) is 43.5. The van der Waals surface area contributed by atoms with Gasteiger partial charge in [-0.2, -0.15) is 0 Å². The van der Waals surface area contributed by atoms with Crippen molar-refractivity contribution in [2.24, 2.45) is 5.73 Å². The van der Waals surface area contributed by atoms with Crippen LogP contribution in [0, 0.1) is 0 Å². The number of esters is 2. The van der Waals surface area contributed by atoms with Crippen LogP contribution >= 0.6 is 7.82 Å². The maximum Gasteiger partial charge on any atom is 0.472 e. The molecule has 13 heteroatoms. The summed E-state index contributed by atoms with van der Waals surface area (Å²) < 4.78 is 32.4. The average molecular weight is 818 g/mol. The molecule has 0 rings (SSSR count). The molecule has 0 aromatic rings. The topological polar surface area (TPSA) is 189 Å². The number of aliphatic carboxylic acids is 1. The van der Waals surface area contributed by atoms with E-state index in [1.807, 2.05) is 6.08 Å². The molecule has 57 heavy (non-hydrogen) atoms. The van der Waals surface area contributed by atoms with Crippen LogP contribution in [0.15, 0.2) is 97.2 Å². The lowest BCUT2D eigenvalue weighted by Gasteiger charge is -2.20. The monoisotopic (exact) mass is 817 g/mol. The number of carboxylic acid groups (broad SMARTS) is 1. The van der Waals surface area contributed by atoms with Crippen LogP contribution in [0.4, 0.5) is 0 Å². The molecule has 0 fully saturated rings. The van der Waals surface area contributed by atoms with Gasteiger partial charge in [0.2, 0.25) is 0 Å². The number of hydrogen-bond acceptors (Lipinski definition) is 10. The zero-order valence-corrected chi connectivity index (χ0v) is 35.0. The summed E-state index contributed by atoms with van der Waals surface area (Å²) in [6.45, 7) is 2.33. The number of allylic oxidation sites excluding steroid dienone is 16. The van der Waals surface area contributed by atoms with Gasteiger partial charge in [-0.05, 0) is 83.1 Å². The Kier molecular flexibility index (Phi) is 35.0. The van der Waals surface area contributed by atoms with E-state index in [1.165, 1.54) is 25.3 Å². The summed E-state index contributed by atoms with van der Waals surface area (Å²) in [4.78, 5) is 58.1. The van der Waals surface area contributed by atoms with Crippen LogP contribution in [0.1, 0.15) is 123 Å². The van der Waals surface area contributed by atoms with Crippen molar-refractivity contribution in [2.75, 3.05) is 19.8 Å². The summed E-state index contributed by atoms with van der Waals surface area (Å²) >= 11 is 0. The zero-order valence-electron chi connectivity index (χ0n) is 34.1. The highest BCUT2D eigenvalue weighted by molar-refractivity contribution is 7.47. The number of ether oxygens (including phenoxy) is 2. The number of carbonyl (C=O) groups is 4. The van der Waals surface area contributed by atoms with E-state index in [2.05, 4.69) is 91.3 Å². The highest BCUT2D eigenvalue weighted by Gasteiger charge is 2.28. The summed E-state index contributed by atoms with van der Waals surface area (Å²) in [5, 5.41) is 8.87. The van der Waals surface area contributed by atoms with Crippen LogP contribution in [0.5, 0.6) is 0 Å². The first-order chi connectivity index (χ1) is 27.5. The molecule has 3 atom stereocenters. The second-order valence-corrected chi connectivity index (χ2v) is 14.5. The number of ketones is 1. The molecule has 0 aliphatic heterocycles. The predicted octanol–water partition coefficient (Wildman–Crippen LogP) is 9.68. The fourth-order valence-corrected chi connectivity index (χ4v) is 5.37. The highest BCUT2D eigenvalue weighted by atomic mass is 31.2. The molecule has 0 aromatic heterocycles. The van der Waals surface area contributed by atoms with Gasteiger partial charge in [-0.25, -0.2) is 4.57 Å². The second kappa shape index (κ2) is 37.6. The van der Waals surface area contributed by atoms with Crippen molar-refractivity contribution >= 4 is 31.5 Å². The second-order valence-electron chi connectivity index (χ2n) is 13.1. The van der Waals surface area contributed by atoms with Crippen LogP contribution in [0.25, 0.3) is 0 Å². The predicted molar refractivity (Wildman–Crippen MR) is 226 cm³/mol. The quantitative estimate of drug-likeness (QED) is 0.0136. The molecule has 0 radical (unpaired) electrons. The van der Waals surface area contributed by atoms with Crippen molar-refractivity contribution in [3.05, 3.63) is 97.2 Å². The molecule has 4 N–H and O–H groups in total. The molecule has 0 aliphatic carbocycles. The van der Waals surface area contributed by atoms with Crippen LogP contribution in [0.2, 0.25) is 0 Å². The van der Waals surface area contributed by atoms with Crippen molar-refractivity contribution in [1.29, 1.82) is 0 Å². The number of rotatable bonds is 36. The number of carboxylic acids is 1. The van der Waals surface area contributed by atoms with Crippen LogP contribution in [0.3, 0.4) is 0 Å². The lowest BCUT2D eigenvalue weighted by molar-refractivity contribution is -0.161. The van der Waals surface area contributed by atoms with Gasteiger partial charge in [0, 0.05) is 19.3 Å². The van der Waals surface area contributed by atoms with E-state index in [9.17, 15) is 28.6 Å². The zero-order chi connectivity index (χ0) is 42.2. The molecule has 0 saturated carbocycles. The summed E-state index contributed by atoms with van der Waals surface area (Å²) in [7, 11) is -4.80. The van der Waals surface area contributed by atoms with Gasteiger partial charge < -0.3 is 25.2 Å². The Labute approximate surface area is 340 Å². The molecule has 0 amide bonds. The van der Waals surface area contributed by atoms with E-state index in [-0.39, 0.29) is 31.5 Å². The minimum atomic E-state index is -4.80. The molecule has 0 bridgehead atoms. The maximum absolute atomic E-state index is 12.6. The first kappa shape index (κ1) is 53.1. The molecule has 0 aromatic carbocycles. The van der Waals surface area contributed by atoms with Gasteiger partial charge >= 0.3 is 25.7 Å². The number of phosphoric ester groups is 1. The molecule has 0 heterocycles. The van der Waals surface area contributed by atoms with Crippen molar-refractivity contribution < 1.29 is 52.3 Å². The summed E-state index contributed by atoms with van der Waals surface area (Å²) in [5.41, 5.74) is 5.30. The van der Waals surface area contributed by atoms with E-state index < -0.39 is 57.7 Å². The third-order valence-corrected chi connectivity index (χ3v) is 8.74. The number of phosphoric acid groups is 1. The SMILES string of the molecule is CC/C=C\C/C=C\C/C=C\C/C=C\CCCCC(=O)OC[C@H](COP(=O)(O)OC[C@H](N)C(=O)O)OC(=O)CCCC(=O)/C=C/C=C\C/C=C\C/C=C\CCCCC. The van der Waals surface area contributed by atoms with Gasteiger partial charge in [0.1, 0.15) is 12.6 Å². The average Bonchev–Trinajstić information content (AvgIpc) is 3.18. The fourth-order valence-electron chi connectivity index (χ4n) is 4.59. The molecule has 12 nitrogen and oxygen atoms in total. The first-order valence-electron chi connectivity index (χ1n) is 20.2. The molecule has 0 aliphatic rings. The van der Waals surface area contributed by atoms with E-state index in [0.717, 1.165) is 57.8 Å². The molecule has 0 spiro atoms. The largest absolute Gasteiger partial charge is 0.480 e. The van der Waals surface area contributed by atoms with Gasteiger partial charge in [0.25, 0.3) is 0 Å². The molecule has 320 valence electrons.